The molecule has 1 saturated heterocycles. The van der Waals surface area contributed by atoms with Crippen molar-refractivity contribution in [3.05, 3.63) is 143 Å². The zero-order valence-electron chi connectivity index (χ0n) is 35.8. The molecule has 0 N–H and O–H groups in total. The first-order valence-electron chi connectivity index (χ1n) is 20.3. The van der Waals surface area contributed by atoms with Crippen molar-refractivity contribution in [2.45, 2.75) is 99.8 Å². The third kappa shape index (κ3) is 12.6. The average Bonchev–Trinajstić information content (AvgIpc) is 3.84. The van der Waals surface area contributed by atoms with Crippen molar-refractivity contribution in [3.8, 4) is 0 Å². The van der Waals surface area contributed by atoms with Crippen molar-refractivity contribution >= 4 is 49.0 Å². The second-order valence-electron chi connectivity index (χ2n) is 15.1. The van der Waals surface area contributed by atoms with Crippen LogP contribution in [-0.4, -0.2) is 37.0 Å². The van der Waals surface area contributed by atoms with Crippen LogP contribution >= 0.6 is 28.0 Å². The molecule has 0 bridgehead atoms. The Morgan fingerprint density at radius 1 is 0.561 bits per heavy atom. The molecule has 9 heteroatoms. The van der Waals surface area contributed by atoms with Gasteiger partial charge in [-0.25, -0.2) is 0 Å². The second kappa shape index (κ2) is 23.4. The maximum atomic E-state index is 6.19. The minimum absolute atomic E-state index is 0.494. The molecule has 0 atom stereocenters. The summed E-state index contributed by atoms with van der Waals surface area (Å²) < 4.78 is 16.6. The molecule has 2 radical (unpaired) electrons. The minimum atomic E-state index is -1.88. The van der Waals surface area contributed by atoms with Gasteiger partial charge in [-0.3, -0.25) is 0 Å². The van der Waals surface area contributed by atoms with Gasteiger partial charge in [-0.1, -0.05) is 91.8 Å². The first-order valence-corrected chi connectivity index (χ1v) is 26.8. The van der Waals surface area contributed by atoms with E-state index in [9.17, 15) is 0 Å². The Hall–Kier alpha value is -2.40. The van der Waals surface area contributed by atoms with Crippen LogP contribution in [0.25, 0.3) is 5.57 Å². The van der Waals surface area contributed by atoms with Gasteiger partial charge in [0.15, 0.2) is 0 Å². The molecule has 6 rings (SSSR count). The Labute approximate surface area is 359 Å². The molecule has 2 aliphatic rings. The molecule has 4 aromatic rings. The maximum absolute atomic E-state index is 6.19. The van der Waals surface area contributed by atoms with E-state index in [1.807, 2.05) is 45.0 Å². The molecule has 57 heavy (non-hydrogen) atoms. The Morgan fingerprint density at radius 3 is 1.32 bits per heavy atom. The Morgan fingerprint density at radius 2 is 0.947 bits per heavy atom. The van der Waals surface area contributed by atoms with Crippen LogP contribution in [0, 0.1) is 6.67 Å². The van der Waals surface area contributed by atoms with Crippen LogP contribution in [0.2, 0.25) is 0 Å². The number of rotatable bonds is 13. The topological polar surface area (TPSA) is 34.2 Å². The number of benzene rings is 4. The summed E-state index contributed by atoms with van der Waals surface area (Å²) in [6, 6.07) is 32.3. The van der Waals surface area contributed by atoms with E-state index in [2.05, 4.69) is 145 Å². The number of hydrogen-bond acceptors (Lipinski definition) is 5. The third-order valence-electron chi connectivity index (χ3n) is 9.68. The van der Waals surface area contributed by atoms with Crippen molar-refractivity contribution in [2.24, 2.45) is 0 Å². The van der Waals surface area contributed by atoms with Gasteiger partial charge in [0, 0.05) is 24.5 Å². The number of anilines is 2. The van der Waals surface area contributed by atoms with Gasteiger partial charge in [-0.15, -0.1) is 0 Å². The SMILES string of the molecule is CC(C)c1cccc(C(C)C)c1N1[C]N(c2c(C(C)C)cccc2C(C)C)CC1.CCOP(OCC)OCC.[Cl][Ru]([Cl])=[C]1C=C(c2ccccc2)c2ccccc21. The van der Waals surface area contributed by atoms with E-state index in [0.29, 0.717) is 43.5 Å². The van der Waals surface area contributed by atoms with Gasteiger partial charge in [-0.2, -0.15) is 0 Å². The number of fused-ring (bicyclic) bond motifs is 1. The number of nitrogens with zero attached hydrogens (tertiary/aromatic N) is 2. The normalized spacial score (nSPS) is 14.0. The number of halogens is 2. The van der Waals surface area contributed by atoms with Gasteiger partial charge in [-0.05, 0) is 66.7 Å². The number of para-hydroxylation sites is 2. The Kier molecular flexibility index (Phi) is 19.4. The summed E-state index contributed by atoms with van der Waals surface area (Å²) in [6.07, 6.45) is 2.15. The average molecular weight is 919 g/mol. The van der Waals surface area contributed by atoms with Crippen molar-refractivity contribution in [1.82, 2.24) is 0 Å². The van der Waals surface area contributed by atoms with Crippen LogP contribution in [0.5, 0.6) is 0 Å². The molecular weight excluding hydrogens is 855 g/mol. The molecule has 310 valence electrons. The van der Waals surface area contributed by atoms with E-state index in [4.69, 9.17) is 33.0 Å². The predicted molar refractivity (Wildman–Crippen MR) is 245 cm³/mol. The zero-order valence-corrected chi connectivity index (χ0v) is 39.9. The fourth-order valence-electron chi connectivity index (χ4n) is 7.01. The van der Waals surface area contributed by atoms with Crippen LogP contribution < -0.4 is 9.80 Å². The molecule has 0 spiro atoms. The molecule has 0 unspecified atom stereocenters. The molecule has 4 aromatic carbocycles. The Bertz CT molecular complexity index is 1790. The fourth-order valence-corrected chi connectivity index (χ4v) is 10.3. The van der Waals surface area contributed by atoms with Crippen LogP contribution in [0.4, 0.5) is 11.4 Å². The van der Waals surface area contributed by atoms with Crippen molar-refractivity contribution in [3.63, 3.8) is 0 Å². The standard InChI is InChI=1S/C27H38N2.C15H10.C6H15O3P.2ClH.Ru/c1-18(2)22-11-9-12-23(19(3)4)26(22)28-15-16-29(17-28)27-24(20(5)6)13-10-14-25(27)21(7)8;1-2-6-12(7-3-1)15-11-10-13-8-4-5-9-14(13)15;1-4-7-10(8-5-2)9-6-3;;;/h9-14,18-21H,15-16H2,1-8H3;1-9,11H;4-6H2,1-3H3;2*1H;/q;;;;;+2/p-2. The first-order chi connectivity index (χ1) is 27.3. The number of allylic oxidation sites excluding steroid dienone is 1. The fraction of sp³-hybridized carbons (Fsp3) is 0.417. The van der Waals surface area contributed by atoms with E-state index < -0.39 is 22.1 Å². The molecule has 0 aromatic heterocycles. The molecule has 5 nitrogen and oxygen atoms in total. The molecule has 1 aliphatic carbocycles. The van der Waals surface area contributed by atoms with E-state index in [-0.39, 0.29) is 0 Å². The summed E-state index contributed by atoms with van der Waals surface area (Å²) in [5.41, 5.74) is 13.3. The molecule has 1 fully saturated rings. The van der Waals surface area contributed by atoms with Crippen molar-refractivity contribution in [2.75, 3.05) is 42.7 Å². The van der Waals surface area contributed by atoms with Crippen molar-refractivity contribution in [1.29, 1.82) is 0 Å². The molecule has 1 heterocycles. The van der Waals surface area contributed by atoms with Crippen LogP contribution in [-0.2, 0) is 27.1 Å². The summed E-state index contributed by atoms with van der Waals surface area (Å²) >= 11 is -1.88. The summed E-state index contributed by atoms with van der Waals surface area (Å²) in [7, 11) is 11.3. The second-order valence-corrected chi connectivity index (χ2v) is 22.1. The van der Waals surface area contributed by atoms with Gasteiger partial charge in [0.2, 0.25) is 6.67 Å². The van der Waals surface area contributed by atoms with Crippen LogP contribution in [0.15, 0.2) is 97.1 Å². The van der Waals surface area contributed by atoms with Gasteiger partial charge < -0.3 is 23.4 Å². The first kappa shape index (κ1) is 47.3. The molecule has 0 amide bonds. The van der Waals surface area contributed by atoms with Crippen LogP contribution in [0.1, 0.15) is 139 Å². The zero-order chi connectivity index (χ0) is 41.6. The predicted octanol–water partition coefficient (Wildman–Crippen LogP) is 14.4. The molecular formula is C48H63Cl2N2O3PRu. The number of hydrogen-bond donors (Lipinski definition) is 0. The Balaban J connectivity index is 0.000000217. The van der Waals surface area contributed by atoms with Gasteiger partial charge in [0.25, 0.3) is 0 Å². The van der Waals surface area contributed by atoms with Crippen molar-refractivity contribution < 1.29 is 27.1 Å². The summed E-state index contributed by atoms with van der Waals surface area (Å²) in [6.45, 7) is 31.8. The monoisotopic (exact) mass is 918 g/mol. The quantitative estimate of drug-likeness (QED) is 0.0986. The van der Waals surface area contributed by atoms with Gasteiger partial charge in [0.1, 0.15) is 0 Å². The summed E-state index contributed by atoms with van der Waals surface area (Å²) in [4.78, 5) is 4.76. The van der Waals surface area contributed by atoms with E-state index in [1.165, 1.54) is 55.9 Å². The van der Waals surface area contributed by atoms with Crippen LogP contribution in [0.3, 0.4) is 0 Å². The van der Waals surface area contributed by atoms with E-state index in [0.717, 1.165) is 17.2 Å². The molecule has 0 saturated carbocycles. The van der Waals surface area contributed by atoms with E-state index >= 15 is 0 Å². The third-order valence-corrected chi connectivity index (χ3v) is 14.2. The summed E-state index contributed by atoms with van der Waals surface area (Å²) in [5.74, 6) is 1.98. The van der Waals surface area contributed by atoms with Gasteiger partial charge >= 0.3 is 129 Å². The van der Waals surface area contributed by atoms with E-state index in [1.54, 1.807) is 0 Å². The van der Waals surface area contributed by atoms with Gasteiger partial charge in [0.05, 0.1) is 19.8 Å². The summed E-state index contributed by atoms with van der Waals surface area (Å²) in [5, 5.41) is 0. The molecule has 1 aliphatic heterocycles.